The first-order chi connectivity index (χ1) is 7.65. The zero-order valence-electron chi connectivity index (χ0n) is 8.94. The molecule has 0 saturated carbocycles. The minimum atomic E-state index is 0.257. The number of rotatable bonds is 2. The van der Waals surface area contributed by atoms with Crippen molar-refractivity contribution in [1.82, 2.24) is 10.2 Å². The molecule has 0 amide bonds. The number of benzene rings is 1. The molecular formula is C12H12ClN3. The molecule has 2 aromatic rings. The van der Waals surface area contributed by atoms with Crippen LogP contribution in [-0.2, 0) is 6.42 Å². The van der Waals surface area contributed by atoms with Crippen LogP contribution in [0.15, 0.2) is 30.3 Å². The van der Waals surface area contributed by atoms with E-state index in [2.05, 4.69) is 41.4 Å². The lowest BCUT2D eigenvalue weighted by atomic mass is 10.1. The summed E-state index contributed by atoms with van der Waals surface area (Å²) in [5, 5.41) is 8.03. The third kappa shape index (κ3) is 2.49. The molecule has 0 aliphatic heterocycles. The van der Waals surface area contributed by atoms with Crippen LogP contribution in [0.5, 0.6) is 0 Å². The second-order valence-electron chi connectivity index (χ2n) is 3.74. The highest BCUT2D eigenvalue weighted by molar-refractivity contribution is 6.31. The number of nitrogens with zero attached hydrogens (tertiary/aromatic N) is 2. The standard InChI is InChI=1S/C12H12ClN3/c1-8-2-4-9(5-3-8)6-10-7-11(14)12(13)16-15-10/h2-5,7H,6H2,1H3,(H2,14,15). The molecule has 16 heavy (non-hydrogen) atoms. The summed E-state index contributed by atoms with van der Waals surface area (Å²) < 4.78 is 0. The van der Waals surface area contributed by atoms with E-state index < -0.39 is 0 Å². The van der Waals surface area contributed by atoms with E-state index in [9.17, 15) is 0 Å². The molecule has 3 nitrogen and oxygen atoms in total. The van der Waals surface area contributed by atoms with Crippen molar-refractivity contribution in [2.24, 2.45) is 0 Å². The first-order valence-corrected chi connectivity index (χ1v) is 5.36. The van der Waals surface area contributed by atoms with E-state index in [-0.39, 0.29) is 5.15 Å². The van der Waals surface area contributed by atoms with Gasteiger partial charge in [0.2, 0.25) is 0 Å². The molecule has 1 aromatic heterocycles. The van der Waals surface area contributed by atoms with E-state index >= 15 is 0 Å². The Kier molecular flexibility index (Phi) is 3.06. The van der Waals surface area contributed by atoms with Crippen LogP contribution in [-0.4, -0.2) is 10.2 Å². The normalized spacial score (nSPS) is 10.4. The molecule has 0 unspecified atom stereocenters. The zero-order chi connectivity index (χ0) is 11.5. The first kappa shape index (κ1) is 10.9. The summed E-state index contributed by atoms with van der Waals surface area (Å²) in [6.45, 7) is 2.06. The van der Waals surface area contributed by atoms with Gasteiger partial charge in [-0.2, -0.15) is 5.10 Å². The first-order valence-electron chi connectivity index (χ1n) is 4.98. The molecule has 2 rings (SSSR count). The molecule has 0 saturated heterocycles. The molecule has 0 aliphatic rings. The Morgan fingerprint density at radius 3 is 2.50 bits per heavy atom. The number of halogens is 1. The maximum Gasteiger partial charge on any atom is 0.174 e. The minimum Gasteiger partial charge on any atom is -0.396 e. The smallest absolute Gasteiger partial charge is 0.174 e. The second-order valence-corrected chi connectivity index (χ2v) is 4.10. The number of anilines is 1. The van der Waals surface area contributed by atoms with Gasteiger partial charge in [-0.05, 0) is 18.6 Å². The van der Waals surface area contributed by atoms with Crippen molar-refractivity contribution in [2.75, 3.05) is 5.73 Å². The molecule has 0 aliphatic carbocycles. The third-order valence-corrected chi connectivity index (χ3v) is 2.63. The van der Waals surface area contributed by atoms with Gasteiger partial charge in [-0.25, -0.2) is 0 Å². The molecule has 0 fully saturated rings. The van der Waals surface area contributed by atoms with Crippen LogP contribution in [0.1, 0.15) is 16.8 Å². The number of nitrogen functional groups attached to an aromatic ring is 1. The fourth-order valence-corrected chi connectivity index (χ4v) is 1.53. The molecule has 0 atom stereocenters. The van der Waals surface area contributed by atoms with E-state index in [0.717, 1.165) is 5.69 Å². The average molecular weight is 234 g/mol. The van der Waals surface area contributed by atoms with Crippen LogP contribution in [0.2, 0.25) is 5.15 Å². The molecule has 82 valence electrons. The number of aryl methyl sites for hydroxylation is 1. The van der Waals surface area contributed by atoms with Crippen molar-refractivity contribution in [3.63, 3.8) is 0 Å². The largest absolute Gasteiger partial charge is 0.396 e. The van der Waals surface area contributed by atoms with Crippen LogP contribution < -0.4 is 5.73 Å². The molecule has 1 aromatic carbocycles. The monoisotopic (exact) mass is 233 g/mol. The zero-order valence-corrected chi connectivity index (χ0v) is 9.70. The predicted octanol–water partition coefficient (Wildman–Crippen LogP) is 2.61. The van der Waals surface area contributed by atoms with Gasteiger partial charge >= 0.3 is 0 Å². The summed E-state index contributed by atoms with van der Waals surface area (Å²) in [6.07, 6.45) is 0.717. The van der Waals surface area contributed by atoms with Crippen molar-refractivity contribution < 1.29 is 0 Å². The van der Waals surface area contributed by atoms with Gasteiger partial charge in [0.15, 0.2) is 5.15 Å². The maximum atomic E-state index is 5.71. The van der Waals surface area contributed by atoms with Crippen LogP contribution in [0.3, 0.4) is 0 Å². The Bertz CT molecular complexity index is 494. The van der Waals surface area contributed by atoms with Gasteiger partial charge in [-0.3, -0.25) is 0 Å². The Morgan fingerprint density at radius 1 is 1.19 bits per heavy atom. The molecule has 4 heteroatoms. The Morgan fingerprint density at radius 2 is 1.88 bits per heavy atom. The fourth-order valence-electron chi connectivity index (χ4n) is 1.44. The Labute approximate surface area is 99.3 Å². The molecule has 0 spiro atoms. The van der Waals surface area contributed by atoms with Gasteiger partial charge < -0.3 is 5.73 Å². The summed E-state index contributed by atoms with van der Waals surface area (Å²) in [5.74, 6) is 0. The van der Waals surface area contributed by atoms with Gasteiger partial charge in [0.1, 0.15) is 0 Å². The number of nitrogens with two attached hydrogens (primary N) is 1. The van der Waals surface area contributed by atoms with E-state index in [1.54, 1.807) is 6.07 Å². The van der Waals surface area contributed by atoms with Crippen molar-refractivity contribution in [2.45, 2.75) is 13.3 Å². The second kappa shape index (κ2) is 4.49. The number of hydrogen-bond acceptors (Lipinski definition) is 3. The van der Waals surface area contributed by atoms with Crippen molar-refractivity contribution in [3.05, 3.63) is 52.3 Å². The molecule has 1 heterocycles. The molecular weight excluding hydrogens is 222 g/mol. The van der Waals surface area contributed by atoms with E-state index in [1.165, 1.54) is 11.1 Å². The lowest BCUT2D eigenvalue weighted by molar-refractivity contribution is 0.940. The predicted molar refractivity (Wildman–Crippen MR) is 65.4 cm³/mol. The lowest BCUT2D eigenvalue weighted by Crippen LogP contribution is -1.98. The summed E-state index contributed by atoms with van der Waals surface area (Å²) in [4.78, 5) is 0. The van der Waals surface area contributed by atoms with E-state index in [0.29, 0.717) is 12.1 Å². The van der Waals surface area contributed by atoms with E-state index in [4.69, 9.17) is 17.3 Å². The van der Waals surface area contributed by atoms with Gasteiger partial charge in [-0.1, -0.05) is 41.4 Å². The lowest BCUT2D eigenvalue weighted by Gasteiger charge is -2.03. The maximum absolute atomic E-state index is 5.71. The fraction of sp³-hybridized carbons (Fsp3) is 0.167. The summed E-state index contributed by atoms with van der Waals surface area (Å²) in [6, 6.07) is 10.0. The highest BCUT2D eigenvalue weighted by Gasteiger charge is 2.02. The van der Waals surface area contributed by atoms with Crippen LogP contribution in [0.4, 0.5) is 5.69 Å². The quantitative estimate of drug-likeness (QED) is 0.868. The molecule has 0 bridgehead atoms. The SMILES string of the molecule is Cc1ccc(Cc2cc(N)c(Cl)nn2)cc1. The molecule has 0 radical (unpaired) electrons. The summed E-state index contributed by atoms with van der Waals surface area (Å²) >= 11 is 5.71. The van der Waals surface area contributed by atoms with Crippen LogP contribution in [0.25, 0.3) is 0 Å². The number of hydrogen-bond donors (Lipinski definition) is 1. The van der Waals surface area contributed by atoms with Crippen molar-refractivity contribution >= 4 is 17.3 Å². The topological polar surface area (TPSA) is 51.8 Å². The minimum absolute atomic E-state index is 0.257. The van der Waals surface area contributed by atoms with E-state index in [1.807, 2.05) is 0 Å². The average Bonchev–Trinajstić information content (AvgIpc) is 2.27. The Hall–Kier alpha value is -1.61. The van der Waals surface area contributed by atoms with Gasteiger partial charge in [-0.15, -0.1) is 5.10 Å². The van der Waals surface area contributed by atoms with Crippen LogP contribution in [0, 0.1) is 6.92 Å². The van der Waals surface area contributed by atoms with Gasteiger partial charge in [0.05, 0.1) is 11.4 Å². The highest BCUT2D eigenvalue weighted by Crippen LogP contribution is 2.16. The van der Waals surface area contributed by atoms with Gasteiger partial charge in [0, 0.05) is 6.42 Å². The Balaban J connectivity index is 2.20. The summed E-state index contributed by atoms with van der Waals surface area (Å²) in [7, 11) is 0. The molecule has 2 N–H and O–H groups in total. The van der Waals surface area contributed by atoms with Crippen molar-refractivity contribution in [1.29, 1.82) is 0 Å². The summed E-state index contributed by atoms with van der Waals surface area (Å²) in [5.41, 5.74) is 9.38. The third-order valence-electron chi connectivity index (χ3n) is 2.33. The number of aromatic nitrogens is 2. The van der Waals surface area contributed by atoms with Crippen molar-refractivity contribution in [3.8, 4) is 0 Å². The highest BCUT2D eigenvalue weighted by atomic mass is 35.5. The van der Waals surface area contributed by atoms with Gasteiger partial charge in [0.25, 0.3) is 0 Å². The van der Waals surface area contributed by atoms with Crippen LogP contribution >= 0.6 is 11.6 Å².